The van der Waals surface area contributed by atoms with Gasteiger partial charge < -0.3 is 14.6 Å². The van der Waals surface area contributed by atoms with Gasteiger partial charge in [-0.15, -0.1) is 0 Å². The first-order valence-electron chi connectivity index (χ1n) is 5.05. The lowest BCUT2D eigenvalue weighted by Crippen LogP contribution is -2.26. The quantitative estimate of drug-likeness (QED) is 0.815. The van der Waals surface area contributed by atoms with Crippen molar-refractivity contribution in [3.8, 4) is 6.01 Å². The average molecular weight is 224 g/mol. The topological polar surface area (TPSA) is 81.5 Å². The van der Waals surface area contributed by atoms with Crippen molar-refractivity contribution < 1.29 is 19.4 Å². The molecule has 0 amide bonds. The van der Waals surface area contributed by atoms with Gasteiger partial charge in [0.25, 0.3) is 0 Å². The Morgan fingerprint density at radius 1 is 1.38 bits per heavy atom. The third kappa shape index (κ3) is 2.66. The van der Waals surface area contributed by atoms with Gasteiger partial charge in [-0.1, -0.05) is 0 Å². The lowest BCUT2D eigenvalue weighted by atomic mass is 10.2. The van der Waals surface area contributed by atoms with Crippen LogP contribution in [0.1, 0.15) is 23.2 Å². The lowest BCUT2D eigenvalue weighted by Gasteiger charge is -2.21. The highest BCUT2D eigenvalue weighted by Crippen LogP contribution is 2.13. The number of rotatable bonds is 3. The minimum absolute atomic E-state index is 0.0549. The van der Waals surface area contributed by atoms with Gasteiger partial charge in [-0.3, -0.25) is 0 Å². The number of aromatic nitrogens is 2. The zero-order valence-electron chi connectivity index (χ0n) is 8.63. The molecular weight excluding hydrogens is 212 g/mol. The summed E-state index contributed by atoms with van der Waals surface area (Å²) in [6.45, 7) is 1.36. The Morgan fingerprint density at radius 2 is 2.00 bits per heavy atom. The van der Waals surface area contributed by atoms with Crippen LogP contribution in [0.5, 0.6) is 6.01 Å². The zero-order chi connectivity index (χ0) is 11.4. The van der Waals surface area contributed by atoms with E-state index < -0.39 is 5.97 Å². The van der Waals surface area contributed by atoms with Gasteiger partial charge in [-0.25, -0.2) is 14.8 Å². The van der Waals surface area contributed by atoms with E-state index in [1.807, 2.05) is 0 Å². The Morgan fingerprint density at radius 3 is 2.56 bits per heavy atom. The van der Waals surface area contributed by atoms with E-state index in [4.69, 9.17) is 14.6 Å². The molecule has 16 heavy (non-hydrogen) atoms. The summed E-state index contributed by atoms with van der Waals surface area (Å²) in [5, 5.41) is 8.66. The summed E-state index contributed by atoms with van der Waals surface area (Å²) in [6, 6.07) is 0.219. The molecule has 1 aliphatic rings. The number of carboxylic acid groups (broad SMARTS) is 1. The van der Waals surface area contributed by atoms with Crippen LogP contribution in [0.15, 0.2) is 12.4 Å². The van der Waals surface area contributed by atoms with E-state index in [0.717, 1.165) is 12.8 Å². The largest absolute Gasteiger partial charge is 0.478 e. The van der Waals surface area contributed by atoms with E-state index >= 15 is 0 Å². The maximum absolute atomic E-state index is 10.6. The molecule has 0 aromatic carbocycles. The molecule has 0 saturated carbocycles. The van der Waals surface area contributed by atoms with Gasteiger partial charge in [0.2, 0.25) is 0 Å². The minimum Gasteiger partial charge on any atom is -0.478 e. The molecule has 6 nitrogen and oxygen atoms in total. The van der Waals surface area contributed by atoms with Gasteiger partial charge in [0.1, 0.15) is 6.10 Å². The van der Waals surface area contributed by atoms with E-state index in [-0.39, 0.29) is 17.7 Å². The molecule has 0 bridgehead atoms. The average Bonchev–Trinajstić information content (AvgIpc) is 2.31. The van der Waals surface area contributed by atoms with E-state index in [1.54, 1.807) is 0 Å². The van der Waals surface area contributed by atoms with Crippen molar-refractivity contribution >= 4 is 5.97 Å². The first kappa shape index (κ1) is 10.8. The molecule has 86 valence electrons. The van der Waals surface area contributed by atoms with Crippen molar-refractivity contribution in [2.75, 3.05) is 13.2 Å². The monoisotopic (exact) mass is 224 g/mol. The molecule has 2 heterocycles. The Labute approximate surface area is 92.2 Å². The van der Waals surface area contributed by atoms with E-state index in [0.29, 0.717) is 13.2 Å². The normalized spacial score (nSPS) is 17.0. The van der Waals surface area contributed by atoms with Crippen LogP contribution in [-0.4, -0.2) is 40.4 Å². The van der Waals surface area contributed by atoms with Crippen molar-refractivity contribution in [2.24, 2.45) is 0 Å². The van der Waals surface area contributed by atoms with Crippen LogP contribution < -0.4 is 4.74 Å². The Balaban J connectivity index is 1.96. The maximum Gasteiger partial charge on any atom is 0.338 e. The van der Waals surface area contributed by atoms with Crippen LogP contribution in [0.3, 0.4) is 0 Å². The van der Waals surface area contributed by atoms with Gasteiger partial charge in [-0.05, 0) is 0 Å². The second-order valence-electron chi connectivity index (χ2n) is 3.49. The van der Waals surface area contributed by atoms with Crippen LogP contribution in [0.2, 0.25) is 0 Å². The molecule has 2 rings (SSSR count). The first-order chi connectivity index (χ1) is 7.75. The fourth-order valence-corrected chi connectivity index (χ4v) is 1.43. The van der Waals surface area contributed by atoms with Crippen molar-refractivity contribution in [3.05, 3.63) is 18.0 Å². The minimum atomic E-state index is -1.04. The van der Waals surface area contributed by atoms with E-state index in [1.165, 1.54) is 12.4 Å². The van der Waals surface area contributed by atoms with Crippen LogP contribution in [-0.2, 0) is 4.74 Å². The fourth-order valence-electron chi connectivity index (χ4n) is 1.43. The number of aromatic carboxylic acids is 1. The molecular formula is C10H12N2O4. The van der Waals surface area contributed by atoms with Gasteiger partial charge in [-0.2, -0.15) is 0 Å². The molecule has 1 N–H and O–H groups in total. The SMILES string of the molecule is O=C(O)c1cnc(OC2CCOCC2)nc1. The van der Waals surface area contributed by atoms with Crippen LogP contribution >= 0.6 is 0 Å². The smallest absolute Gasteiger partial charge is 0.338 e. The summed E-state index contributed by atoms with van der Waals surface area (Å²) >= 11 is 0. The molecule has 6 heteroatoms. The summed E-state index contributed by atoms with van der Waals surface area (Å²) in [5.74, 6) is -1.04. The molecule has 1 aromatic rings. The maximum atomic E-state index is 10.6. The molecule has 1 fully saturated rings. The van der Waals surface area contributed by atoms with E-state index in [2.05, 4.69) is 9.97 Å². The van der Waals surface area contributed by atoms with Crippen molar-refractivity contribution in [1.29, 1.82) is 0 Å². The van der Waals surface area contributed by atoms with Gasteiger partial charge >= 0.3 is 12.0 Å². The van der Waals surface area contributed by atoms with Crippen molar-refractivity contribution in [3.63, 3.8) is 0 Å². The zero-order valence-corrected chi connectivity index (χ0v) is 8.63. The summed E-state index contributed by atoms with van der Waals surface area (Å²) in [7, 11) is 0. The number of carbonyl (C=O) groups is 1. The molecule has 1 aliphatic heterocycles. The highest BCUT2D eigenvalue weighted by Gasteiger charge is 2.16. The lowest BCUT2D eigenvalue weighted by molar-refractivity contribution is 0.0217. The Hall–Kier alpha value is -1.69. The molecule has 0 radical (unpaired) electrons. The van der Waals surface area contributed by atoms with Crippen LogP contribution in [0.4, 0.5) is 0 Å². The predicted octanol–water partition coefficient (Wildman–Crippen LogP) is 0.733. The van der Waals surface area contributed by atoms with Gasteiger partial charge in [0.05, 0.1) is 18.8 Å². The summed E-state index contributed by atoms with van der Waals surface area (Å²) in [6.07, 6.45) is 4.16. The second-order valence-corrected chi connectivity index (χ2v) is 3.49. The summed E-state index contributed by atoms with van der Waals surface area (Å²) in [5.41, 5.74) is 0.0549. The van der Waals surface area contributed by atoms with Gasteiger partial charge in [0.15, 0.2) is 0 Å². The molecule has 1 aromatic heterocycles. The number of hydrogen-bond acceptors (Lipinski definition) is 5. The highest BCUT2D eigenvalue weighted by molar-refractivity contribution is 5.86. The van der Waals surface area contributed by atoms with Crippen LogP contribution in [0, 0.1) is 0 Å². The number of hydrogen-bond donors (Lipinski definition) is 1. The summed E-state index contributed by atoms with van der Waals surface area (Å²) in [4.78, 5) is 18.2. The second kappa shape index (κ2) is 4.89. The molecule has 0 unspecified atom stereocenters. The van der Waals surface area contributed by atoms with Crippen molar-refractivity contribution in [1.82, 2.24) is 9.97 Å². The predicted molar refractivity (Wildman–Crippen MR) is 53.5 cm³/mol. The molecule has 1 saturated heterocycles. The summed E-state index contributed by atoms with van der Waals surface area (Å²) < 4.78 is 10.7. The fraction of sp³-hybridized carbons (Fsp3) is 0.500. The first-order valence-corrected chi connectivity index (χ1v) is 5.05. The third-order valence-corrected chi connectivity index (χ3v) is 2.32. The standard InChI is InChI=1S/C10H12N2O4/c13-9(14)7-5-11-10(12-6-7)16-8-1-3-15-4-2-8/h5-6,8H,1-4H2,(H,13,14). The Kier molecular flexibility index (Phi) is 3.31. The molecule has 0 atom stereocenters. The Bertz CT molecular complexity index is 360. The van der Waals surface area contributed by atoms with Crippen molar-refractivity contribution in [2.45, 2.75) is 18.9 Å². The van der Waals surface area contributed by atoms with Gasteiger partial charge in [0, 0.05) is 25.2 Å². The van der Waals surface area contributed by atoms with Crippen LogP contribution in [0.25, 0.3) is 0 Å². The highest BCUT2D eigenvalue weighted by atomic mass is 16.5. The number of ether oxygens (including phenoxy) is 2. The third-order valence-electron chi connectivity index (χ3n) is 2.32. The number of carboxylic acids is 1. The number of nitrogens with zero attached hydrogens (tertiary/aromatic N) is 2. The molecule has 0 aliphatic carbocycles. The van der Waals surface area contributed by atoms with E-state index in [9.17, 15) is 4.79 Å². The molecule has 0 spiro atoms.